The number of anilines is 2. The molecule has 0 aromatic heterocycles. The van der Waals surface area contributed by atoms with Crippen LogP contribution in [0.15, 0.2) is 48.5 Å². The third-order valence-electron chi connectivity index (χ3n) is 4.10. The van der Waals surface area contributed by atoms with Crippen molar-refractivity contribution in [3.63, 3.8) is 0 Å². The van der Waals surface area contributed by atoms with E-state index in [1.54, 1.807) is 42.5 Å². The maximum absolute atomic E-state index is 13.6. The van der Waals surface area contributed by atoms with Gasteiger partial charge in [0.25, 0.3) is 0 Å². The molecule has 5 nitrogen and oxygen atoms in total. The number of halogens is 1. The number of carbonyl (C=O) groups is 1. The predicted octanol–water partition coefficient (Wildman–Crippen LogP) is 2.94. The Morgan fingerprint density at radius 1 is 1.16 bits per heavy atom. The fraction of sp³-hybridized carbons (Fsp3) is 0.278. The van der Waals surface area contributed by atoms with Crippen molar-refractivity contribution >= 4 is 27.3 Å². The van der Waals surface area contributed by atoms with Crippen LogP contribution < -0.4 is 9.62 Å². The number of sulfonamides is 1. The topological polar surface area (TPSA) is 66.5 Å². The number of rotatable bonds is 5. The van der Waals surface area contributed by atoms with Gasteiger partial charge in [-0.05, 0) is 42.7 Å². The smallest absolute Gasteiger partial charge is 0.235 e. The lowest BCUT2D eigenvalue weighted by Gasteiger charge is -2.17. The molecule has 1 saturated heterocycles. The van der Waals surface area contributed by atoms with E-state index in [2.05, 4.69) is 5.32 Å². The molecule has 7 heteroatoms. The van der Waals surface area contributed by atoms with Crippen LogP contribution in [-0.2, 0) is 21.2 Å². The summed E-state index contributed by atoms with van der Waals surface area (Å²) in [6, 6.07) is 13.1. The quantitative estimate of drug-likeness (QED) is 0.889. The summed E-state index contributed by atoms with van der Waals surface area (Å²) in [7, 11) is -3.26. The van der Waals surface area contributed by atoms with E-state index in [0.29, 0.717) is 36.3 Å². The molecule has 0 radical (unpaired) electrons. The van der Waals surface area contributed by atoms with Crippen molar-refractivity contribution in [2.24, 2.45) is 0 Å². The van der Waals surface area contributed by atoms with Gasteiger partial charge in [-0.1, -0.05) is 24.3 Å². The van der Waals surface area contributed by atoms with Gasteiger partial charge in [-0.3, -0.25) is 9.10 Å². The second-order valence-electron chi connectivity index (χ2n) is 5.93. The van der Waals surface area contributed by atoms with Gasteiger partial charge in [0.1, 0.15) is 5.82 Å². The molecule has 25 heavy (non-hydrogen) atoms. The van der Waals surface area contributed by atoms with Gasteiger partial charge in [-0.2, -0.15) is 0 Å². The maximum Gasteiger partial charge on any atom is 0.235 e. The molecule has 1 amide bonds. The molecule has 0 saturated carbocycles. The normalized spacial score (nSPS) is 16.0. The summed E-state index contributed by atoms with van der Waals surface area (Å²) < 4.78 is 38.9. The first-order valence-electron chi connectivity index (χ1n) is 8.09. The van der Waals surface area contributed by atoms with E-state index in [1.165, 1.54) is 10.4 Å². The van der Waals surface area contributed by atoms with Crippen LogP contribution >= 0.6 is 0 Å². The fourth-order valence-corrected chi connectivity index (χ4v) is 4.40. The Morgan fingerprint density at radius 3 is 2.68 bits per heavy atom. The number of aryl methyl sites for hydroxylation is 1. The Bertz CT molecular complexity index is 883. The Balaban J connectivity index is 1.64. The van der Waals surface area contributed by atoms with Crippen LogP contribution in [-0.4, -0.2) is 26.6 Å². The van der Waals surface area contributed by atoms with Crippen molar-refractivity contribution in [2.75, 3.05) is 21.9 Å². The van der Waals surface area contributed by atoms with Gasteiger partial charge in [0.15, 0.2) is 0 Å². The molecule has 2 aromatic rings. The summed E-state index contributed by atoms with van der Waals surface area (Å²) in [6.07, 6.45) is 1.05. The predicted molar refractivity (Wildman–Crippen MR) is 95.5 cm³/mol. The molecule has 132 valence electrons. The van der Waals surface area contributed by atoms with Gasteiger partial charge < -0.3 is 5.32 Å². The first-order chi connectivity index (χ1) is 12.0. The van der Waals surface area contributed by atoms with Crippen LogP contribution in [0.25, 0.3) is 0 Å². The summed E-state index contributed by atoms with van der Waals surface area (Å²) in [4.78, 5) is 12.1. The van der Waals surface area contributed by atoms with Gasteiger partial charge in [-0.25, -0.2) is 12.8 Å². The molecule has 0 bridgehead atoms. The van der Waals surface area contributed by atoms with Gasteiger partial charge in [0.05, 0.1) is 11.4 Å². The second-order valence-corrected chi connectivity index (χ2v) is 7.94. The summed E-state index contributed by atoms with van der Waals surface area (Å²) in [5, 5.41) is 2.74. The summed E-state index contributed by atoms with van der Waals surface area (Å²) >= 11 is 0. The second kappa shape index (κ2) is 7.23. The molecule has 0 spiro atoms. The number of nitrogens with one attached hydrogen (secondary N) is 1. The van der Waals surface area contributed by atoms with Gasteiger partial charge in [-0.15, -0.1) is 0 Å². The zero-order valence-electron chi connectivity index (χ0n) is 13.6. The first-order valence-corrected chi connectivity index (χ1v) is 9.70. The molecular formula is C18H19FN2O3S. The molecule has 0 unspecified atom stereocenters. The zero-order chi connectivity index (χ0) is 17.9. The molecule has 2 aromatic carbocycles. The Hall–Kier alpha value is -2.41. The van der Waals surface area contributed by atoms with E-state index in [4.69, 9.17) is 0 Å². The molecule has 1 aliphatic rings. The summed E-state index contributed by atoms with van der Waals surface area (Å²) in [5.74, 6) is -0.423. The largest absolute Gasteiger partial charge is 0.326 e. The summed E-state index contributed by atoms with van der Waals surface area (Å²) in [6.45, 7) is 0.451. The van der Waals surface area contributed by atoms with Crippen molar-refractivity contribution in [2.45, 2.75) is 19.3 Å². The third kappa shape index (κ3) is 4.17. The minimum absolute atomic E-state index is 0.145. The summed E-state index contributed by atoms with van der Waals surface area (Å²) in [5.41, 5.74) is 1.57. The molecule has 0 atom stereocenters. The Kier molecular flexibility index (Phi) is 5.03. The van der Waals surface area contributed by atoms with Crippen molar-refractivity contribution in [1.29, 1.82) is 0 Å². The number of hydrogen-bond acceptors (Lipinski definition) is 3. The lowest BCUT2D eigenvalue weighted by molar-refractivity contribution is -0.116. The monoisotopic (exact) mass is 362 g/mol. The first kappa shape index (κ1) is 17.4. The van der Waals surface area contributed by atoms with Crippen LogP contribution in [0.4, 0.5) is 15.8 Å². The zero-order valence-corrected chi connectivity index (χ0v) is 14.4. The molecule has 1 N–H and O–H groups in total. The Morgan fingerprint density at radius 2 is 1.96 bits per heavy atom. The number of nitrogens with zero attached hydrogens (tertiary/aromatic N) is 1. The lowest BCUT2D eigenvalue weighted by Crippen LogP contribution is -2.25. The van der Waals surface area contributed by atoms with Crippen LogP contribution in [0.5, 0.6) is 0 Å². The van der Waals surface area contributed by atoms with Crippen molar-refractivity contribution < 1.29 is 17.6 Å². The maximum atomic E-state index is 13.6. The molecule has 0 aliphatic carbocycles. The number of benzene rings is 2. The van der Waals surface area contributed by atoms with E-state index in [1.807, 2.05) is 0 Å². The van der Waals surface area contributed by atoms with Gasteiger partial charge in [0.2, 0.25) is 15.9 Å². The number of amides is 1. The minimum Gasteiger partial charge on any atom is -0.326 e. The van der Waals surface area contributed by atoms with Crippen LogP contribution in [0, 0.1) is 5.82 Å². The third-order valence-corrected chi connectivity index (χ3v) is 5.97. The number of hydrogen-bond donors (Lipinski definition) is 1. The van der Waals surface area contributed by atoms with Crippen LogP contribution in [0.1, 0.15) is 18.4 Å². The van der Waals surface area contributed by atoms with Crippen molar-refractivity contribution in [3.8, 4) is 0 Å². The molecule has 1 aliphatic heterocycles. The molecule has 3 rings (SSSR count). The van der Waals surface area contributed by atoms with Crippen LogP contribution in [0.3, 0.4) is 0 Å². The van der Waals surface area contributed by atoms with Gasteiger partial charge >= 0.3 is 0 Å². The lowest BCUT2D eigenvalue weighted by atomic mass is 10.1. The minimum atomic E-state index is -3.26. The molecule has 1 fully saturated rings. The van der Waals surface area contributed by atoms with Crippen LogP contribution in [0.2, 0.25) is 0 Å². The fourth-order valence-electron chi connectivity index (χ4n) is 2.84. The van der Waals surface area contributed by atoms with E-state index < -0.39 is 10.0 Å². The number of carbonyl (C=O) groups excluding carboxylic acids is 1. The van der Waals surface area contributed by atoms with E-state index >= 15 is 0 Å². The molecular weight excluding hydrogens is 343 g/mol. The average Bonchev–Trinajstić information content (AvgIpc) is 2.93. The highest BCUT2D eigenvalue weighted by Gasteiger charge is 2.28. The highest BCUT2D eigenvalue weighted by molar-refractivity contribution is 7.93. The van der Waals surface area contributed by atoms with Crippen molar-refractivity contribution in [3.05, 3.63) is 59.9 Å². The van der Waals surface area contributed by atoms with E-state index in [9.17, 15) is 17.6 Å². The highest BCUT2D eigenvalue weighted by Crippen LogP contribution is 2.26. The highest BCUT2D eigenvalue weighted by atomic mass is 32.2. The van der Waals surface area contributed by atoms with E-state index in [0.717, 1.165) is 0 Å². The Labute approximate surface area is 146 Å². The average molecular weight is 362 g/mol. The van der Waals surface area contributed by atoms with Crippen molar-refractivity contribution in [1.82, 2.24) is 0 Å². The SMILES string of the molecule is O=C(CCc1ccccc1F)Nc1cccc(N2CCCS2(=O)=O)c1. The van der Waals surface area contributed by atoms with E-state index in [-0.39, 0.29) is 23.9 Å². The molecule has 1 heterocycles. The standard InChI is InChI=1S/C18H19FN2O3S/c19-17-8-2-1-5-14(17)9-10-18(22)20-15-6-3-7-16(13-15)21-11-4-12-25(21,23)24/h1-3,5-8,13H,4,9-12H2,(H,20,22). The van der Waals surface area contributed by atoms with Gasteiger partial charge in [0, 0.05) is 18.7 Å².